The summed E-state index contributed by atoms with van der Waals surface area (Å²) in [6.45, 7) is 4.43. The highest BCUT2D eigenvalue weighted by Crippen LogP contribution is 2.40. The summed E-state index contributed by atoms with van der Waals surface area (Å²) in [6.07, 6.45) is 2.13. The average molecular weight is 419 g/mol. The number of carbonyl (C=O) groups excluding carboxylic acids is 2. The summed E-state index contributed by atoms with van der Waals surface area (Å²) in [5.41, 5.74) is 11.2. The molecule has 0 atom stereocenters. The molecule has 0 radical (unpaired) electrons. The van der Waals surface area contributed by atoms with E-state index in [1.165, 1.54) is 6.33 Å². The number of hydrogen-bond acceptors (Lipinski definition) is 5. The van der Waals surface area contributed by atoms with Crippen LogP contribution in [0.4, 0.5) is 5.82 Å². The van der Waals surface area contributed by atoms with E-state index in [0.717, 1.165) is 38.9 Å². The Balaban J connectivity index is 2.07. The van der Waals surface area contributed by atoms with E-state index in [4.69, 9.17) is 5.73 Å². The highest BCUT2D eigenvalue weighted by molar-refractivity contribution is 6.05. The smallest absolute Gasteiger partial charge is 0.251 e. The van der Waals surface area contributed by atoms with Crippen molar-refractivity contribution in [2.75, 3.05) is 12.8 Å². The number of nitrogens with one attached hydrogen (secondary N) is 2. The molecule has 0 spiro atoms. The average Bonchev–Trinajstić information content (AvgIpc) is 3.26. The van der Waals surface area contributed by atoms with Gasteiger partial charge in [0.1, 0.15) is 17.8 Å². The van der Waals surface area contributed by atoms with Gasteiger partial charge in [0.2, 0.25) is 6.41 Å². The molecule has 0 aliphatic carbocycles. The maximum atomic E-state index is 12.1. The van der Waals surface area contributed by atoms with Crippen molar-refractivity contribution in [3.63, 3.8) is 0 Å². The van der Waals surface area contributed by atoms with Crippen LogP contribution in [0, 0.1) is 0 Å². The molecule has 31 heavy (non-hydrogen) atoms. The number of anilines is 1. The molecular formula is C22H25N7O2. The first-order valence-electron chi connectivity index (χ1n) is 10.0. The Morgan fingerprint density at radius 3 is 2.71 bits per heavy atom. The Morgan fingerprint density at radius 2 is 2.03 bits per heavy atom. The van der Waals surface area contributed by atoms with Crippen molar-refractivity contribution in [1.82, 2.24) is 29.7 Å². The van der Waals surface area contributed by atoms with Crippen LogP contribution in [0.2, 0.25) is 0 Å². The summed E-state index contributed by atoms with van der Waals surface area (Å²) < 4.78 is 4.10. The number of aromatic nitrogens is 4. The van der Waals surface area contributed by atoms with E-state index in [1.807, 2.05) is 23.7 Å². The van der Waals surface area contributed by atoms with E-state index in [9.17, 15) is 9.59 Å². The van der Waals surface area contributed by atoms with E-state index in [2.05, 4.69) is 45.1 Å². The topological polar surface area (TPSA) is 120 Å². The highest BCUT2D eigenvalue weighted by atomic mass is 16.1. The zero-order valence-corrected chi connectivity index (χ0v) is 17.9. The van der Waals surface area contributed by atoms with Crippen LogP contribution >= 0.6 is 0 Å². The van der Waals surface area contributed by atoms with Crippen LogP contribution in [0.3, 0.4) is 0 Å². The molecule has 0 unspecified atom stereocenters. The molecule has 1 aromatic carbocycles. The number of nitrogens with two attached hydrogens (primary N) is 1. The monoisotopic (exact) mass is 419 g/mol. The third-order valence-corrected chi connectivity index (χ3v) is 5.57. The Labute approximate surface area is 179 Å². The van der Waals surface area contributed by atoms with Gasteiger partial charge in [-0.15, -0.1) is 0 Å². The fraction of sp³-hybridized carbons (Fsp3) is 0.273. The summed E-state index contributed by atoms with van der Waals surface area (Å²) in [5, 5.41) is 7.17. The fourth-order valence-electron chi connectivity index (χ4n) is 4.20. The summed E-state index contributed by atoms with van der Waals surface area (Å²) in [7, 11) is 3.56. The molecule has 0 fully saturated rings. The van der Waals surface area contributed by atoms with Gasteiger partial charge in [-0.05, 0) is 32.0 Å². The summed E-state index contributed by atoms with van der Waals surface area (Å²) in [5.74, 6) is 0.234. The second-order valence-electron chi connectivity index (χ2n) is 7.68. The molecule has 0 aliphatic rings. The molecule has 160 valence electrons. The lowest BCUT2D eigenvalue weighted by Crippen LogP contribution is -2.17. The lowest BCUT2D eigenvalue weighted by atomic mass is 10.1. The van der Waals surface area contributed by atoms with Gasteiger partial charge in [0.25, 0.3) is 5.91 Å². The maximum Gasteiger partial charge on any atom is 0.251 e. The summed E-state index contributed by atoms with van der Waals surface area (Å²) in [4.78, 5) is 32.0. The highest BCUT2D eigenvalue weighted by Gasteiger charge is 2.25. The van der Waals surface area contributed by atoms with Gasteiger partial charge in [-0.3, -0.25) is 9.59 Å². The quantitative estimate of drug-likeness (QED) is 0.415. The lowest BCUT2D eigenvalue weighted by Gasteiger charge is -2.15. The standard InChI is InChI=1S/C22H25N7O2/c1-12(2)29-17(9-25-11-30)18(19-20(23)26-10-27-21(19)29)16-7-13-5-6-14(22(31)24-3)8-15(13)28(16)4/h5-8,10-12H,9H2,1-4H3,(H,24,31)(H,25,30)(H2,23,26,27). The van der Waals surface area contributed by atoms with Crippen molar-refractivity contribution in [2.24, 2.45) is 7.05 Å². The third kappa shape index (κ3) is 3.18. The minimum Gasteiger partial charge on any atom is -0.383 e. The first-order chi connectivity index (χ1) is 14.9. The molecule has 3 heterocycles. The van der Waals surface area contributed by atoms with Crippen LogP contribution in [-0.2, 0) is 18.4 Å². The van der Waals surface area contributed by atoms with Gasteiger partial charge < -0.3 is 25.5 Å². The Morgan fingerprint density at radius 1 is 1.26 bits per heavy atom. The van der Waals surface area contributed by atoms with E-state index in [1.54, 1.807) is 13.1 Å². The van der Waals surface area contributed by atoms with Crippen LogP contribution in [0.15, 0.2) is 30.6 Å². The zero-order chi connectivity index (χ0) is 22.3. The Kier molecular flexibility index (Phi) is 5.10. The largest absolute Gasteiger partial charge is 0.383 e. The second kappa shape index (κ2) is 7.75. The van der Waals surface area contributed by atoms with Crippen molar-refractivity contribution in [1.29, 1.82) is 0 Å². The Hall–Kier alpha value is -3.88. The normalized spacial score (nSPS) is 11.4. The van der Waals surface area contributed by atoms with Gasteiger partial charge in [0.05, 0.1) is 17.6 Å². The van der Waals surface area contributed by atoms with Crippen LogP contribution in [0.1, 0.15) is 35.9 Å². The van der Waals surface area contributed by atoms with Crippen LogP contribution in [-0.4, -0.2) is 38.5 Å². The molecular weight excluding hydrogens is 394 g/mol. The van der Waals surface area contributed by atoms with Gasteiger partial charge in [-0.2, -0.15) is 0 Å². The van der Waals surface area contributed by atoms with Gasteiger partial charge >= 0.3 is 0 Å². The number of benzene rings is 1. The molecule has 4 rings (SSSR count). The number of amides is 2. The Bertz CT molecular complexity index is 1320. The van der Waals surface area contributed by atoms with E-state index >= 15 is 0 Å². The number of fused-ring (bicyclic) bond motifs is 2. The SMILES string of the molecule is CNC(=O)c1ccc2cc(-c3c(CNC=O)n(C(C)C)c4ncnc(N)c34)n(C)c2c1. The molecule has 9 nitrogen and oxygen atoms in total. The van der Waals surface area contributed by atoms with Crippen molar-refractivity contribution >= 4 is 40.1 Å². The van der Waals surface area contributed by atoms with Gasteiger partial charge in [-0.1, -0.05) is 6.07 Å². The number of nitrogens with zero attached hydrogens (tertiary/aromatic N) is 4. The molecule has 9 heteroatoms. The van der Waals surface area contributed by atoms with Crippen LogP contribution < -0.4 is 16.4 Å². The van der Waals surface area contributed by atoms with Gasteiger partial charge in [0, 0.05) is 47.9 Å². The number of rotatable bonds is 6. The van der Waals surface area contributed by atoms with Crippen LogP contribution in [0.5, 0.6) is 0 Å². The van der Waals surface area contributed by atoms with E-state index in [0.29, 0.717) is 24.3 Å². The predicted molar refractivity (Wildman–Crippen MR) is 121 cm³/mol. The van der Waals surface area contributed by atoms with Crippen molar-refractivity contribution in [2.45, 2.75) is 26.4 Å². The molecule has 0 bridgehead atoms. The maximum absolute atomic E-state index is 12.1. The number of hydrogen-bond donors (Lipinski definition) is 3. The third-order valence-electron chi connectivity index (χ3n) is 5.57. The number of carbonyl (C=O) groups is 2. The molecule has 4 N–H and O–H groups in total. The minimum atomic E-state index is -0.144. The molecule has 0 saturated carbocycles. The number of aryl methyl sites for hydroxylation is 1. The zero-order valence-electron chi connectivity index (χ0n) is 17.9. The molecule has 4 aromatic rings. The van der Waals surface area contributed by atoms with E-state index in [-0.39, 0.29) is 11.9 Å². The number of nitrogen functional groups attached to an aromatic ring is 1. The minimum absolute atomic E-state index is 0.0866. The van der Waals surface area contributed by atoms with Crippen molar-refractivity contribution in [3.05, 3.63) is 41.9 Å². The van der Waals surface area contributed by atoms with Crippen molar-refractivity contribution in [3.8, 4) is 11.3 Å². The first kappa shape index (κ1) is 20.4. The van der Waals surface area contributed by atoms with Gasteiger partial charge in [-0.25, -0.2) is 9.97 Å². The molecule has 2 amide bonds. The molecule has 3 aromatic heterocycles. The predicted octanol–water partition coefficient (Wildman–Crippen LogP) is 2.36. The van der Waals surface area contributed by atoms with Crippen LogP contribution in [0.25, 0.3) is 33.2 Å². The fourth-order valence-corrected chi connectivity index (χ4v) is 4.20. The van der Waals surface area contributed by atoms with E-state index < -0.39 is 0 Å². The lowest BCUT2D eigenvalue weighted by molar-refractivity contribution is -0.109. The van der Waals surface area contributed by atoms with Crippen molar-refractivity contribution < 1.29 is 9.59 Å². The second-order valence-corrected chi connectivity index (χ2v) is 7.68. The first-order valence-corrected chi connectivity index (χ1v) is 10.0. The molecule has 0 aliphatic heterocycles. The molecule has 0 saturated heterocycles. The summed E-state index contributed by atoms with van der Waals surface area (Å²) in [6, 6.07) is 7.73. The summed E-state index contributed by atoms with van der Waals surface area (Å²) >= 11 is 0. The van der Waals surface area contributed by atoms with Gasteiger partial charge in [0.15, 0.2) is 0 Å².